The number of imidazole rings is 2. The van der Waals surface area contributed by atoms with Gasteiger partial charge in [-0.1, -0.05) is 12.1 Å². The maximum absolute atomic E-state index is 13.4. The maximum Gasteiger partial charge on any atom is 0.140 e. The van der Waals surface area contributed by atoms with Crippen molar-refractivity contribution in [2.45, 2.75) is 33.9 Å². The standard InChI is InChI=1S/C17H19FN4/c1-4-22-13(3)12(2)20-16(22)11-21-9-8-19-17(21)14-6-5-7-15(18)10-14/h5-10H,4,11H2,1-3H3. The molecule has 0 aliphatic rings. The lowest BCUT2D eigenvalue weighted by Gasteiger charge is -2.10. The van der Waals surface area contributed by atoms with Crippen LogP contribution in [0.5, 0.6) is 0 Å². The quantitative estimate of drug-likeness (QED) is 0.738. The average Bonchev–Trinajstić information content (AvgIpc) is 3.05. The van der Waals surface area contributed by atoms with Gasteiger partial charge in [-0.25, -0.2) is 14.4 Å². The molecule has 0 unspecified atom stereocenters. The molecule has 0 spiro atoms. The number of rotatable bonds is 4. The minimum absolute atomic E-state index is 0.256. The minimum Gasteiger partial charge on any atom is -0.331 e. The summed E-state index contributed by atoms with van der Waals surface area (Å²) in [6.45, 7) is 7.71. The fourth-order valence-corrected chi connectivity index (χ4v) is 2.74. The van der Waals surface area contributed by atoms with E-state index in [2.05, 4.69) is 28.4 Å². The number of hydrogen-bond acceptors (Lipinski definition) is 2. The van der Waals surface area contributed by atoms with E-state index in [1.165, 1.54) is 17.8 Å². The third-order valence-corrected chi connectivity index (χ3v) is 3.96. The molecule has 2 aromatic heterocycles. The van der Waals surface area contributed by atoms with E-state index in [0.29, 0.717) is 6.54 Å². The van der Waals surface area contributed by atoms with Crippen molar-refractivity contribution in [3.05, 3.63) is 59.7 Å². The van der Waals surface area contributed by atoms with Crippen molar-refractivity contribution in [1.29, 1.82) is 0 Å². The third-order valence-electron chi connectivity index (χ3n) is 3.96. The highest BCUT2D eigenvalue weighted by Crippen LogP contribution is 2.20. The van der Waals surface area contributed by atoms with Crippen LogP contribution in [0.4, 0.5) is 4.39 Å². The van der Waals surface area contributed by atoms with Crippen LogP contribution in [0.15, 0.2) is 36.7 Å². The van der Waals surface area contributed by atoms with Gasteiger partial charge in [0.2, 0.25) is 0 Å². The van der Waals surface area contributed by atoms with Crippen molar-refractivity contribution >= 4 is 0 Å². The molecule has 0 radical (unpaired) electrons. The van der Waals surface area contributed by atoms with Crippen LogP contribution in [0.3, 0.4) is 0 Å². The molecule has 4 nitrogen and oxygen atoms in total. The highest BCUT2D eigenvalue weighted by Gasteiger charge is 2.13. The number of aryl methyl sites for hydroxylation is 1. The Kier molecular flexibility index (Phi) is 3.79. The molecule has 0 N–H and O–H groups in total. The predicted molar refractivity (Wildman–Crippen MR) is 84.1 cm³/mol. The zero-order valence-electron chi connectivity index (χ0n) is 13.0. The topological polar surface area (TPSA) is 35.6 Å². The maximum atomic E-state index is 13.4. The number of nitrogens with zero attached hydrogens (tertiary/aromatic N) is 4. The predicted octanol–water partition coefficient (Wildman–Crippen LogP) is 3.57. The molecule has 0 atom stereocenters. The molecule has 0 bridgehead atoms. The van der Waals surface area contributed by atoms with Crippen LogP contribution in [0.2, 0.25) is 0 Å². The van der Waals surface area contributed by atoms with E-state index >= 15 is 0 Å². The first-order valence-electron chi connectivity index (χ1n) is 7.39. The molecule has 3 rings (SSSR count). The summed E-state index contributed by atoms with van der Waals surface area (Å²) < 4.78 is 17.6. The Hall–Kier alpha value is -2.43. The van der Waals surface area contributed by atoms with E-state index in [9.17, 15) is 4.39 Å². The van der Waals surface area contributed by atoms with Gasteiger partial charge in [-0.2, -0.15) is 0 Å². The van der Waals surface area contributed by atoms with Gasteiger partial charge in [-0.3, -0.25) is 0 Å². The van der Waals surface area contributed by atoms with Crippen molar-refractivity contribution in [2.24, 2.45) is 0 Å². The van der Waals surface area contributed by atoms with Gasteiger partial charge in [0.1, 0.15) is 17.5 Å². The van der Waals surface area contributed by atoms with Crippen molar-refractivity contribution in [3.8, 4) is 11.4 Å². The van der Waals surface area contributed by atoms with E-state index in [1.54, 1.807) is 12.3 Å². The second kappa shape index (κ2) is 5.75. The molecule has 0 saturated heterocycles. The first-order chi connectivity index (χ1) is 10.6. The van der Waals surface area contributed by atoms with E-state index in [4.69, 9.17) is 0 Å². The molecule has 5 heteroatoms. The summed E-state index contributed by atoms with van der Waals surface area (Å²) in [5, 5.41) is 0. The molecular formula is C17H19FN4. The monoisotopic (exact) mass is 298 g/mol. The normalized spacial score (nSPS) is 11.1. The second-order valence-electron chi connectivity index (χ2n) is 5.33. The van der Waals surface area contributed by atoms with E-state index in [-0.39, 0.29) is 5.82 Å². The lowest BCUT2D eigenvalue weighted by molar-refractivity contribution is 0.627. The Bertz CT molecular complexity index is 801. The van der Waals surface area contributed by atoms with Crippen molar-refractivity contribution in [2.75, 3.05) is 0 Å². The van der Waals surface area contributed by atoms with E-state index in [0.717, 1.165) is 29.5 Å². The number of aromatic nitrogens is 4. The Morgan fingerprint density at radius 3 is 2.77 bits per heavy atom. The molecule has 0 aliphatic carbocycles. The molecular weight excluding hydrogens is 279 g/mol. The summed E-state index contributed by atoms with van der Waals surface area (Å²) in [6, 6.07) is 6.50. The zero-order valence-corrected chi connectivity index (χ0v) is 13.0. The van der Waals surface area contributed by atoms with Crippen LogP contribution in [0.25, 0.3) is 11.4 Å². The third kappa shape index (κ3) is 2.54. The Balaban J connectivity index is 1.98. The fraction of sp³-hybridized carbons (Fsp3) is 0.294. The summed E-state index contributed by atoms with van der Waals surface area (Å²) in [4.78, 5) is 9.02. The molecule has 0 amide bonds. The van der Waals surface area contributed by atoms with Crippen LogP contribution < -0.4 is 0 Å². The molecule has 0 saturated carbocycles. The summed E-state index contributed by atoms with van der Waals surface area (Å²) in [5.74, 6) is 1.49. The molecule has 0 fully saturated rings. The number of halogens is 1. The van der Waals surface area contributed by atoms with Gasteiger partial charge in [-0.05, 0) is 32.9 Å². The highest BCUT2D eigenvalue weighted by atomic mass is 19.1. The Morgan fingerprint density at radius 2 is 2.05 bits per heavy atom. The Morgan fingerprint density at radius 1 is 1.23 bits per heavy atom. The smallest absolute Gasteiger partial charge is 0.140 e. The summed E-state index contributed by atoms with van der Waals surface area (Å²) in [5.41, 5.74) is 3.00. The zero-order chi connectivity index (χ0) is 15.7. The van der Waals surface area contributed by atoms with Gasteiger partial charge in [0.05, 0.1) is 12.2 Å². The van der Waals surface area contributed by atoms with Gasteiger partial charge in [0, 0.05) is 30.2 Å². The number of hydrogen-bond donors (Lipinski definition) is 0. The Labute approximate surface area is 129 Å². The molecule has 22 heavy (non-hydrogen) atoms. The van der Waals surface area contributed by atoms with Gasteiger partial charge in [0.25, 0.3) is 0 Å². The van der Waals surface area contributed by atoms with E-state index in [1.807, 2.05) is 23.8 Å². The lowest BCUT2D eigenvalue weighted by Crippen LogP contribution is -2.09. The molecule has 3 aromatic rings. The van der Waals surface area contributed by atoms with Gasteiger partial charge in [-0.15, -0.1) is 0 Å². The van der Waals surface area contributed by atoms with Gasteiger partial charge < -0.3 is 9.13 Å². The first kappa shape index (κ1) is 14.5. The minimum atomic E-state index is -0.256. The first-order valence-corrected chi connectivity index (χ1v) is 7.39. The number of benzene rings is 1. The van der Waals surface area contributed by atoms with Crippen LogP contribution in [0, 0.1) is 19.7 Å². The second-order valence-corrected chi connectivity index (χ2v) is 5.33. The molecule has 0 aliphatic heterocycles. The highest BCUT2D eigenvalue weighted by molar-refractivity contribution is 5.55. The SMILES string of the molecule is CCn1c(Cn2ccnc2-c2cccc(F)c2)nc(C)c1C. The lowest BCUT2D eigenvalue weighted by atomic mass is 10.2. The van der Waals surface area contributed by atoms with Crippen LogP contribution in [0.1, 0.15) is 24.1 Å². The van der Waals surface area contributed by atoms with Crippen LogP contribution in [-0.2, 0) is 13.1 Å². The largest absolute Gasteiger partial charge is 0.331 e. The fourth-order valence-electron chi connectivity index (χ4n) is 2.74. The summed E-state index contributed by atoms with van der Waals surface area (Å²) in [7, 11) is 0. The van der Waals surface area contributed by atoms with Gasteiger partial charge in [0.15, 0.2) is 0 Å². The molecule has 114 valence electrons. The van der Waals surface area contributed by atoms with Crippen molar-refractivity contribution < 1.29 is 4.39 Å². The van der Waals surface area contributed by atoms with E-state index < -0.39 is 0 Å². The van der Waals surface area contributed by atoms with Crippen molar-refractivity contribution in [1.82, 2.24) is 19.1 Å². The summed E-state index contributed by atoms with van der Waals surface area (Å²) in [6.07, 6.45) is 3.64. The van der Waals surface area contributed by atoms with Crippen LogP contribution >= 0.6 is 0 Å². The van der Waals surface area contributed by atoms with Crippen molar-refractivity contribution in [3.63, 3.8) is 0 Å². The van der Waals surface area contributed by atoms with Gasteiger partial charge >= 0.3 is 0 Å². The van der Waals surface area contributed by atoms with Crippen LogP contribution in [-0.4, -0.2) is 19.1 Å². The summed E-state index contributed by atoms with van der Waals surface area (Å²) >= 11 is 0. The average molecular weight is 298 g/mol. The molecule has 2 heterocycles. The molecule has 1 aromatic carbocycles.